The van der Waals surface area contributed by atoms with E-state index in [1.165, 1.54) is 24.1 Å². The lowest BCUT2D eigenvalue weighted by molar-refractivity contribution is -0.138. The van der Waals surface area contributed by atoms with Crippen molar-refractivity contribution in [1.82, 2.24) is 0 Å². The number of hydrogen-bond donors (Lipinski definition) is 2. The molecule has 0 aliphatic heterocycles. The fourth-order valence-electron chi connectivity index (χ4n) is 0.436. The number of aliphatic carboxylic acids is 1. The number of carboxylic acids is 1. The first-order valence-corrected chi connectivity index (χ1v) is 7.50. The molecule has 0 fully saturated rings. The zero-order valence-corrected chi connectivity index (χ0v) is 11.0. The maximum atomic E-state index is 10.1. The third-order valence-corrected chi connectivity index (χ3v) is 2.82. The van der Waals surface area contributed by atoms with E-state index >= 15 is 0 Å². The highest BCUT2D eigenvalue weighted by Crippen LogP contribution is 2.04. The number of carboxylic acid groups (broad SMARTS) is 1. The molecule has 0 bridgehead atoms. The molecule has 0 aromatic rings. The summed E-state index contributed by atoms with van der Waals surface area (Å²) in [5, 5.41) is 8.27. The van der Waals surface area contributed by atoms with E-state index in [1.54, 1.807) is 11.8 Å². The van der Waals surface area contributed by atoms with Gasteiger partial charge in [-0.1, -0.05) is 0 Å². The monoisotopic (exact) mass is 259 g/mol. The van der Waals surface area contributed by atoms with Gasteiger partial charge in [-0.25, -0.2) is 3.63 Å². The van der Waals surface area contributed by atoms with Crippen molar-refractivity contribution in [2.75, 3.05) is 24.5 Å². The molecule has 0 amide bonds. The molecule has 86 valence electrons. The van der Waals surface area contributed by atoms with Crippen molar-refractivity contribution < 1.29 is 13.5 Å². The molecular formula is C7H17NO3S3. The lowest BCUT2D eigenvalue weighted by atomic mass is 10.2. The summed E-state index contributed by atoms with van der Waals surface area (Å²) in [5.41, 5.74) is 5.19. The lowest BCUT2D eigenvalue weighted by Crippen LogP contribution is -2.30. The van der Waals surface area contributed by atoms with Gasteiger partial charge in [-0.3, -0.25) is 4.79 Å². The molecule has 0 aromatic heterocycles. The van der Waals surface area contributed by atoms with E-state index in [1.807, 2.05) is 18.8 Å². The number of carbonyl (C=O) groups is 1. The molecule has 0 saturated heterocycles. The van der Waals surface area contributed by atoms with Crippen molar-refractivity contribution in [2.45, 2.75) is 12.5 Å². The van der Waals surface area contributed by atoms with Crippen molar-refractivity contribution in [1.29, 1.82) is 0 Å². The van der Waals surface area contributed by atoms with Crippen LogP contribution in [0.2, 0.25) is 0 Å². The van der Waals surface area contributed by atoms with E-state index in [4.69, 9.17) is 10.8 Å². The minimum atomic E-state index is -0.913. The zero-order valence-electron chi connectivity index (χ0n) is 8.56. The van der Waals surface area contributed by atoms with Gasteiger partial charge in [0.15, 0.2) is 0 Å². The molecule has 1 atom stereocenters. The molecule has 0 aliphatic carbocycles. The molecule has 0 aromatic carbocycles. The van der Waals surface area contributed by atoms with E-state index < -0.39 is 12.0 Å². The fourth-order valence-corrected chi connectivity index (χ4v) is 1.47. The van der Waals surface area contributed by atoms with Crippen LogP contribution in [0.1, 0.15) is 6.42 Å². The van der Waals surface area contributed by atoms with Crippen LogP contribution in [0.25, 0.3) is 0 Å². The van der Waals surface area contributed by atoms with Crippen LogP contribution in [0.5, 0.6) is 0 Å². The summed E-state index contributed by atoms with van der Waals surface area (Å²) in [6.45, 7) is 0. The molecule has 0 aliphatic rings. The first kappa shape index (κ1) is 16.9. The number of hydrogen-bond acceptors (Lipinski definition) is 6. The van der Waals surface area contributed by atoms with Crippen LogP contribution < -0.4 is 5.73 Å². The second kappa shape index (κ2) is 13.4. The summed E-state index contributed by atoms with van der Waals surface area (Å²) in [4.78, 5) is 10.1. The van der Waals surface area contributed by atoms with Gasteiger partial charge >= 0.3 is 5.97 Å². The number of nitrogens with two attached hydrogens (primary N) is 1. The van der Waals surface area contributed by atoms with Crippen LogP contribution >= 0.6 is 35.8 Å². The highest BCUT2D eigenvalue weighted by atomic mass is 32.2. The highest BCUT2D eigenvalue weighted by molar-refractivity contribution is 8.07. The van der Waals surface area contributed by atoms with Crippen molar-refractivity contribution in [2.24, 2.45) is 5.73 Å². The van der Waals surface area contributed by atoms with Crippen LogP contribution in [0.3, 0.4) is 0 Å². The molecule has 0 saturated carbocycles. The number of thioether (sulfide) groups is 1. The van der Waals surface area contributed by atoms with Crippen LogP contribution in [-0.2, 0) is 8.42 Å². The predicted octanol–water partition coefficient (Wildman–Crippen LogP) is 1.71. The van der Waals surface area contributed by atoms with Gasteiger partial charge in [0.25, 0.3) is 0 Å². The van der Waals surface area contributed by atoms with E-state index in [0.717, 1.165) is 5.75 Å². The van der Waals surface area contributed by atoms with Crippen LogP contribution in [-0.4, -0.2) is 41.6 Å². The molecule has 0 spiro atoms. The van der Waals surface area contributed by atoms with Crippen LogP contribution in [0, 0.1) is 0 Å². The summed E-state index contributed by atoms with van der Waals surface area (Å²) in [6, 6.07) is -0.683. The Balaban J connectivity index is 0. The Labute approximate surface area is 98.1 Å². The zero-order chi connectivity index (χ0) is 11.4. The minimum Gasteiger partial charge on any atom is -0.480 e. The Kier molecular flexibility index (Phi) is 16.2. The van der Waals surface area contributed by atoms with Crippen molar-refractivity contribution >= 4 is 41.8 Å². The summed E-state index contributed by atoms with van der Waals surface area (Å²) < 4.78 is 4.67. The SMILES string of the molecule is CSCCC(N)C(=O)O.CSOSC. The van der Waals surface area contributed by atoms with Gasteiger partial charge in [-0.2, -0.15) is 11.8 Å². The number of rotatable bonds is 6. The Morgan fingerprint density at radius 1 is 1.43 bits per heavy atom. The van der Waals surface area contributed by atoms with Crippen LogP contribution in [0.15, 0.2) is 0 Å². The standard InChI is InChI=1S/C5H11NO2S.C2H6OS2/c1-9-3-2-4(6)5(7)8;1-4-3-5-2/h4H,2-3,6H2,1H3,(H,7,8);1-2H3. The predicted molar refractivity (Wildman–Crippen MR) is 66.7 cm³/mol. The van der Waals surface area contributed by atoms with Crippen molar-refractivity contribution in [3.8, 4) is 0 Å². The van der Waals surface area contributed by atoms with Gasteiger partial charge < -0.3 is 10.8 Å². The van der Waals surface area contributed by atoms with E-state index in [9.17, 15) is 4.79 Å². The Morgan fingerprint density at radius 3 is 2.14 bits per heavy atom. The summed E-state index contributed by atoms with van der Waals surface area (Å²) in [6.07, 6.45) is 6.25. The van der Waals surface area contributed by atoms with E-state index in [2.05, 4.69) is 3.63 Å². The van der Waals surface area contributed by atoms with Gasteiger partial charge in [-0.05, 0) is 18.4 Å². The molecular weight excluding hydrogens is 242 g/mol. The maximum Gasteiger partial charge on any atom is 0.320 e. The van der Waals surface area contributed by atoms with Gasteiger partial charge in [0, 0.05) is 36.6 Å². The molecule has 0 radical (unpaired) electrons. The first-order chi connectivity index (χ1) is 6.59. The van der Waals surface area contributed by atoms with Gasteiger partial charge in [0.1, 0.15) is 6.04 Å². The Hall–Kier alpha value is 0.440. The molecule has 4 nitrogen and oxygen atoms in total. The molecule has 0 rings (SSSR count). The minimum absolute atomic E-state index is 0.552. The Morgan fingerprint density at radius 2 is 1.93 bits per heavy atom. The summed E-state index contributed by atoms with van der Waals surface area (Å²) in [5.74, 6) is -0.1000. The Bertz CT molecular complexity index is 135. The van der Waals surface area contributed by atoms with Gasteiger partial charge in [0.2, 0.25) is 0 Å². The van der Waals surface area contributed by atoms with Crippen LogP contribution in [0.4, 0.5) is 0 Å². The normalized spacial score (nSPS) is 11.4. The van der Waals surface area contributed by atoms with Crippen molar-refractivity contribution in [3.05, 3.63) is 0 Å². The smallest absolute Gasteiger partial charge is 0.320 e. The maximum absolute atomic E-state index is 10.1. The second-order valence-electron chi connectivity index (χ2n) is 2.13. The van der Waals surface area contributed by atoms with Gasteiger partial charge in [-0.15, -0.1) is 0 Å². The molecule has 14 heavy (non-hydrogen) atoms. The molecule has 1 unspecified atom stereocenters. The topological polar surface area (TPSA) is 72.6 Å². The molecule has 3 N–H and O–H groups in total. The lowest BCUT2D eigenvalue weighted by Gasteiger charge is -2.02. The fraction of sp³-hybridized carbons (Fsp3) is 0.857. The van der Waals surface area contributed by atoms with Crippen molar-refractivity contribution in [3.63, 3.8) is 0 Å². The highest BCUT2D eigenvalue weighted by Gasteiger charge is 2.08. The molecule has 0 heterocycles. The third-order valence-electron chi connectivity index (χ3n) is 1.09. The molecule has 7 heteroatoms. The quantitative estimate of drug-likeness (QED) is 0.703. The average molecular weight is 259 g/mol. The average Bonchev–Trinajstić information content (AvgIpc) is 2.16. The summed E-state index contributed by atoms with van der Waals surface area (Å²) >= 11 is 4.33. The van der Waals surface area contributed by atoms with E-state index in [-0.39, 0.29) is 0 Å². The first-order valence-electron chi connectivity index (χ1n) is 3.80. The van der Waals surface area contributed by atoms with E-state index in [0.29, 0.717) is 6.42 Å². The van der Waals surface area contributed by atoms with Gasteiger partial charge in [0.05, 0.1) is 0 Å². The third kappa shape index (κ3) is 14.9. The second-order valence-corrected chi connectivity index (χ2v) is 4.32. The largest absolute Gasteiger partial charge is 0.480 e. The summed E-state index contributed by atoms with van der Waals surface area (Å²) in [7, 11) is 0.